The van der Waals surface area contributed by atoms with Crippen LogP contribution in [0, 0.1) is 13.8 Å². The molecular formula is C38H40ClN3O5. The second kappa shape index (κ2) is 14.8. The third-order valence-electron chi connectivity index (χ3n) is 8.67. The fraction of sp³-hybridized carbons (Fsp3) is 0.316. The highest BCUT2D eigenvalue weighted by molar-refractivity contribution is 6.30. The molecule has 0 spiro atoms. The number of anilines is 1. The minimum Gasteiger partial charge on any atom is -0.422 e. The topological polar surface area (TPSA) is 102 Å². The number of fused-ring (bicyclic) bond motifs is 2. The molecule has 0 aliphatic carbocycles. The van der Waals surface area contributed by atoms with Crippen molar-refractivity contribution in [3.8, 4) is 0 Å². The summed E-state index contributed by atoms with van der Waals surface area (Å²) < 4.78 is 7.19. The number of carbonyl (C=O) groups is 3. The lowest BCUT2D eigenvalue weighted by Crippen LogP contribution is -2.26. The molecule has 2 heterocycles. The lowest BCUT2D eigenvalue weighted by molar-refractivity contribution is -0.120. The van der Waals surface area contributed by atoms with Crippen LogP contribution >= 0.6 is 11.6 Å². The molecule has 8 nitrogen and oxygen atoms in total. The molecule has 0 atom stereocenters. The average molecular weight is 654 g/mol. The van der Waals surface area contributed by atoms with Gasteiger partial charge in [0, 0.05) is 64.9 Å². The van der Waals surface area contributed by atoms with Crippen molar-refractivity contribution in [2.24, 2.45) is 0 Å². The Bertz CT molecular complexity index is 2000. The normalized spacial score (nSPS) is 11.3. The van der Waals surface area contributed by atoms with E-state index in [0.29, 0.717) is 42.0 Å². The molecule has 0 radical (unpaired) electrons. The number of ketones is 1. The van der Waals surface area contributed by atoms with Gasteiger partial charge in [0.2, 0.25) is 5.91 Å². The highest BCUT2D eigenvalue weighted by Gasteiger charge is 2.22. The van der Waals surface area contributed by atoms with Crippen molar-refractivity contribution in [3.63, 3.8) is 0 Å². The van der Waals surface area contributed by atoms with E-state index < -0.39 is 5.63 Å². The minimum absolute atomic E-state index is 0.0701. The van der Waals surface area contributed by atoms with Gasteiger partial charge in [-0.25, -0.2) is 4.79 Å². The number of benzene rings is 3. The summed E-state index contributed by atoms with van der Waals surface area (Å²) >= 11 is 6.02. The minimum atomic E-state index is -0.617. The lowest BCUT2D eigenvalue weighted by Gasteiger charge is -2.20. The number of aryl methyl sites for hydroxylation is 1. The van der Waals surface area contributed by atoms with Gasteiger partial charge in [-0.2, -0.15) is 0 Å². The third-order valence-corrected chi connectivity index (χ3v) is 8.93. The lowest BCUT2D eigenvalue weighted by atomic mass is 10.0. The van der Waals surface area contributed by atoms with E-state index in [1.807, 2.05) is 50.2 Å². The summed E-state index contributed by atoms with van der Waals surface area (Å²) in [5.74, 6) is -0.561. The Hall–Kier alpha value is -4.69. The number of unbranched alkanes of at least 4 members (excludes halogenated alkanes) is 2. The van der Waals surface area contributed by atoms with Crippen LogP contribution in [0.15, 0.2) is 75.9 Å². The van der Waals surface area contributed by atoms with Gasteiger partial charge in [0.25, 0.3) is 5.91 Å². The van der Waals surface area contributed by atoms with E-state index in [2.05, 4.69) is 24.1 Å². The van der Waals surface area contributed by atoms with Crippen LogP contribution in [0.1, 0.15) is 77.1 Å². The maximum Gasteiger partial charge on any atom is 0.347 e. The molecule has 0 aliphatic rings. The van der Waals surface area contributed by atoms with E-state index in [1.165, 1.54) is 0 Å². The number of aromatic nitrogens is 1. The molecule has 9 heteroatoms. The first-order valence-corrected chi connectivity index (χ1v) is 16.5. The van der Waals surface area contributed by atoms with Gasteiger partial charge in [-0.1, -0.05) is 29.7 Å². The molecule has 0 saturated heterocycles. The van der Waals surface area contributed by atoms with Crippen LogP contribution in [-0.4, -0.2) is 41.8 Å². The van der Waals surface area contributed by atoms with E-state index in [4.69, 9.17) is 16.0 Å². The molecular weight excluding hydrogens is 614 g/mol. The smallest absolute Gasteiger partial charge is 0.347 e. The number of carbonyl (C=O) groups excluding carboxylic acids is 3. The Morgan fingerprint density at radius 1 is 0.894 bits per heavy atom. The molecule has 0 saturated carbocycles. The van der Waals surface area contributed by atoms with Gasteiger partial charge >= 0.3 is 5.63 Å². The first kappa shape index (κ1) is 33.7. The number of Topliss-reactive ketones (excluding diaryl/α,β-unsaturated/α-hetero) is 1. The van der Waals surface area contributed by atoms with Crippen LogP contribution in [0.5, 0.6) is 0 Å². The standard InChI is InChI=1S/C38H40ClN3O5/c1-5-41(6-2)29-17-14-27-21-32(38(46)47-35(27)22-29)34(43)10-8-7-9-19-40-36(44)23-30-25(4)42(33-18-11-24(3)20-31(30)33)37(45)26-12-15-28(39)16-13-26/h11-18,20-22H,5-10,19,23H2,1-4H3,(H,40,44). The van der Waals surface area contributed by atoms with E-state index >= 15 is 0 Å². The molecule has 3 aromatic carbocycles. The monoisotopic (exact) mass is 653 g/mol. The zero-order valence-corrected chi connectivity index (χ0v) is 28.1. The van der Waals surface area contributed by atoms with Crippen LogP contribution < -0.4 is 15.8 Å². The van der Waals surface area contributed by atoms with Gasteiger partial charge < -0.3 is 14.6 Å². The zero-order chi connectivity index (χ0) is 33.7. The van der Waals surface area contributed by atoms with Crippen LogP contribution in [0.2, 0.25) is 5.02 Å². The van der Waals surface area contributed by atoms with Crippen molar-refractivity contribution in [1.82, 2.24) is 9.88 Å². The van der Waals surface area contributed by atoms with Gasteiger partial charge in [0.15, 0.2) is 5.78 Å². The van der Waals surface area contributed by atoms with Crippen LogP contribution in [0.4, 0.5) is 5.69 Å². The fourth-order valence-electron chi connectivity index (χ4n) is 6.06. The SMILES string of the molecule is CCN(CC)c1ccc2cc(C(=O)CCCCCNC(=O)Cc3c(C)n(C(=O)c4ccc(Cl)cc4)c4ccc(C)cc34)c(=O)oc2c1. The maximum atomic E-state index is 13.5. The number of hydrogen-bond acceptors (Lipinski definition) is 6. The van der Waals surface area contributed by atoms with Crippen molar-refractivity contribution >= 4 is 56.8 Å². The maximum absolute atomic E-state index is 13.5. The summed E-state index contributed by atoms with van der Waals surface area (Å²) in [6.45, 7) is 10.1. The van der Waals surface area contributed by atoms with E-state index in [0.717, 1.165) is 51.9 Å². The highest BCUT2D eigenvalue weighted by atomic mass is 35.5. The highest BCUT2D eigenvalue weighted by Crippen LogP contribution is 2.29. The molecule has 1 N–H and O–H groups in total. The second-order valence-corrected chi connectivity index (χ2v) is 12.3. The quantitative estimate of drug-likeness (QED) is 0.0796. The Balaban J connectivity index is 1.15. The number of nitrogens with zero attached hydrogens (tertiary/aromatic N) is 2. The predicted octanol–water partition coefficient (Wildman–Crippen LogP) is 7.65. The van der Waals surface area contributed by atoms with E-state index in [1.54, 1.807) is 34.9 Å². The molecule has 5 rings (SSSR count). The predicted molar refractivity (Wildman–Crippen MR) is 188 cm³/mol. The molecule has 0 unspecified atom stereocenters. The molecule has 1 amide bonds. The summed E-state index contributed by atoms with van der Waals surface area (Å²) in [6.07, 6.45) is 2.35. The third kappa shape index (κ3) is 7.49. The van der Waals surface area contributed by atoms with Gasteiger partial charge in [0.1, 0.15) is 11.1 Å². The van der Waals surface area contributed by atoms with Gasteiger partial charge in [-0.15, -0.1) is 0 Å². The number of nitrogens with one attached hydrogen (secondary N) is 1. The first-order chi connectivity index (χ1) is 22.6. The van der Waals surface area contributed by atoms with Gasteiger partial charge in [0.05, 0.1) is 11.9 Å². The Morgan fingerprint density at radius 3 is 2.36 bits per heavy atom. The first-order valence-electron chi connectivity index (χ1n) is 16.1. The Morgan fingerprint density at radius 2 is 1.64 bits per heavy atom. The van der Waals surface area contributed by atoms with Crippen LogP contribution in [0.25, 0.3) is 21.9 Å². The summed E-state index contributed by atoms with van der Waals surface area (Å²) in [7, 11) is 0. The largest absolute Gasteiger partial charge is 0.422 e. The molecule has 5 aromatic rings. The molecule has 2 aromatic heterocycles. The number of halogens is 1. The average Bonchev–Trinajstić information content (AvgIpc) is 3.32. The molecule has 244 valence electrons. The number of amides is 1. The Labute approximate surface area is 279 Å². The van der Waals surface area contributed by atoms with Gasteiger partial charge in [-0.05, 0) is 101 Å². The summed E-state index contributed by atoms with van der Waals surface area (Å²) in [4.78, 5) is 54.2. The summed E-state index contributed by atoms with van der Waals surface area (Å²) in [5.41, 5.74) is 4.73. The van der Waals surface area contributed by atoms with Gasteiger partial charge in [-0.3, -0.25) is 19.0 Å². The number of rotatable bonds is 13. The van der Waals surface area contributed by atoms with E-state index in [9.17, 15) is 19.2 Å². The fourth-order valence-corrected chi connectivity index (χ4v) is 6.18. The molecule has 0 aliphatic heterocycles. The summed E-state index contributed by atoms with van der Waals surface area (Å²) in [6, 6.07) is 20.0. The molecule has 47 heavy (non-hydrogen) atoms. The number of hydrogen-bond donors (Lipinski definition) is 1. The Kier molecular flexibility index (Phi) is 10.6. The van der Waals surface area contributed by atoms with Crippen molar-refractivity contribution in [1.29, 1.82) is 0 Å². The second-order valence-electron chi connectivity index (χ2n) is 11.8. The van der Waals surface area contributed by atoms with E-state index in [-0.39, 0.29) is 36.0 Å². The zero-order valence-electron chi connectivity index (χ0n) is 27.3. The molecule has 0 bridgehead atoms. The van der Waals surface area contributed by atoms with Crippen molar-refractivity contribution < 1.29 is 18.8 Å². The van der Waals surface area contributed by atoms with Crippen molar-refractivity contribution in [2.45, 2.75) is 59.8 Å². The molecule has 0 fully saturated rings. The van der Waals surface area contributed by atoms with Crippen LogP contribution in [-0.2, 0) is 11.2 Å². The van der Waals surface area contributed by atoms with Crippen LogP contribution in [0.3, 0.4) is 0 Å². The van der Waals surface area contributed by atoms with Crippen molar-refractivity contribution in [3.05, 3.63) is 110 Å². The summed E-state index contributed by atoms with van der Waals surface area (Å²) in [5, 5.41) is 5.13. The van der Waals surface area contributed by atoms with Crippen molar-refractivity contribution in [2.75, 3.05) is 24.5 Å².